The fraction of sp³-hybridized carbons (Fsp3) is 0.700. The Balaban J connectivity index is 2.87. The van der Waals surface area contributed by atoms with Crippen molar-refractivity contribution in [2.24, 2.45) is 11.8 Å². The molecule has 120 valence electrons. The average Bonchev–Trinajstić information content (AvgIpc) is 2.37. The van der Waals surface area contributed by atoms with Crippen LogP contribution in [-0.4, -0.2) is 10.7 Å². The van der Waals surface area contributed by atoms with Crippen molar-refractivity contribution in [3.63, 3.8) is 0 Å². The van der Waals surface area contributed by atoms with Gasteiger partial charge >= 0.3 is 0 Å². The normalized spacial score (nSPS) is 29.8. The summed E-state index contributed by atoms with van der Waals surface area (Å²) in [5.41, 5.74) is 2.26. The molecule has 0 bridgehead atoms. The minimum absolute atomic E-state index is 0.556. The van der Waals surface area contributed by atoms with Gasteiger partial charge in [0, 0.05) is 0 Å². The Hall–Kier alpha value is -0.820. The lowest BCUT2D eigenvalue weighted by Gasteiger charge is -2.22. The van der Waals surface area contributed by atoms with E-state index < -0.39 is 5.60 Å². The summed E-state index contributed by atoms with van der Waals surface area (Å²) in [6.45, 7) is 10.9. The second-order valence-corrected chi connectivity index (χ2v) is 7.34. The molecule has 1 aliphatic rings. The fourth-order valence-corrected chi connectivity index (χ4v) is 2.82. The molecule has 1 rings (SSSR count). The Kier molecular flexibility index (Phi) is 7.45. The van der Waals surface area contributed by atoms with E-state index in [9.17, 15) is 5.11 Å². The Labute approximate surface area is 131 Å². The molecule has 0 amide bonds. The van der Waals surface area contributed by atoms with Gasteiger partial charge in [-0.25, -0.2) is 0 Å². The Morgan fingerprint density at radius 1 is 1.10 bits per heavy atom. The predicted octanol–water partition coefficient (Wildman–Crippen LogP) is 5.81. The summed E-state index contributed by atoms with van der Waals surface area (Å²) >= 11 is 0. The minimum atomic E-state index is -0.682. The number of allylic oxidation sites excluding steroid dienone is 5. The van der Waals surface area contributed by atoms with E-state index in [4.69, 9.17) is 0 Å². The largest absolute Gasteiger partial charge is 0.386 e. The van der Waals surface area contributed by atoms with Crippen LogP contribution in [0.5, 0.6) is 0 Å². The maximum absolute atomic E-state index is 10.5. The zero-order chi connectivity index (χ0) is 15.9. The van der Waals surface area contributed by atoms with E-state index in [0.717, 1.165) is 32.1 Å². The predicted molar refractivity (Wildman–Crippen MR) is 93.3 cm³/mol. The standard InChI is InChI=1S/C20H34O/c1-16(2)19-12-11-18(4)9-6-8-17(3)10-7-14-20(5,21)15-13-19/h9-10,13,15-16,19,21H,6-8,11-12,14H2,1-5H3/t19-,20-/m1/s1. The summed E-state index contributed by atoms with van der Waals surface area (Å²) in [4.78, 5) is 0. The summed E-state index contributed by atoms with van der Waals surface area (Å²) in [7, 11) is 0. The zero-order valence-corrected chi connectivity index (χ0v) is 14.7. The molecule has 0 fully saturated rings. The van der Waals surface area contributed by atoms with Crippen molar-refractivity contribution in [3.05, 3.63) is 35.5 Å². The molecule has 0 spiro atoms. The van der Waals surface area contributed by atoms with Crippen LogP contribution in [0.15, 0.2) is 35.5 Å². The van der Waals surface area contributed by atoms with Crippen molar-refractivity contribution >= 4 is 0 Å². The number of hydrogen-bond donors (Lipinski definition) is 1. The molecule has 0 saturated carbocycles. The van der Waals surface area contributed by atoms with Gasteiger partial charge in [-0.3, -0.25) is 0 Å². The molecule has 1 aliphatic carbocycles. The van der Waals surface area contributed by atoms with E-state index in [0.29, 0.717) is 11.8 Å². The van der Waals surface area contributed by atoms with Crippen LogP contribution in [0.3, 0.4) is 0 Å². The molecular formula is C20H34O. The van der Waals surface area contributed by atoms with E-state index in [1.165, 1.54) is 17.6 Å². The van der Waals surface area contributed by atoms with Crippen molar-refractivity contribution in [2.75, 3.05) is 0 Å². The Bertz CT molecular complexity index is 396. The topological polar surface area (TPSA) is 20.2 Å². The first-order chi connectivity index (χ1) is 9.80. The van der Waals surface area contributed by atoms with Crippen LogP contribution >= 0.6 is 0 Å². The van der Waals surface area contributed by atoms with Gasteiger partial charge in [0.25, 0.3) is 0 Å². The van der Waals surface area contributed by atoms with Gasteiger partial charge in [0.05, 0.1) is 5.60 Å². The zero-order valence-electron chi connectivity index (χ0n) is 14.7. The van der Waals surface area contributed by atoms with Gasteiger partial charge in [0.1, 0.15) is 0 Å². The van der Waals surface area contributed by atoms with Gasteiger partial charge in [0.15, 0.2) is 0 Å². The van der Waals surface area contributed by atoms with Gasteiger partial charge in [0.2, 0.25) is 0 Å². The van der Waals surface area contributed by atoms with Gasteiger partial charge in [-0.05, 0) is 71.1 Å². The van der Waals surface area contributed by atoms with Crippen molar-refractivity contribution in [1.82, 2.24) is 0 Å². The summed E-state index contributed by atoms with van der Waals surface area (Å²) in [6, 6.07) is 0. The summed E-state index contributed by atoms with van der Waals surface area (Å²) in [6.07, 6.45) is 15.4. The van der Waals surface area contributed by atoms with Crippen molar-refractivity contribution in [2.45, 2.75) is 78.7 Å². The molecule has 0 heterocycles. The number of aliphatic hydroxyl groups is 1. The molecule has 0 radical (unpaired) electrons. The van der Waals surface area contributed by atoms with Crippen molar-refractivity contribution in [3.8, 4) is 0 Å². The minimum Gasteiger partial charge on any atom is -0.386 e. The monoisotopic (exact) mass is 290 g/mol. The molecule has 0 aromatic carbocycles. The van der Waals surface area contributed by atoms with E-state index in [1.54, 1.807) is 0 Å². The number of hydrogen-bond acceptors (Lipinski definition) is 1. The molecule has 2 atom stereocenters. The summed E-state index contributed by atoms with van der Waals surface area (Å²) in [5, 5.41) is 10.5. The first-order valence-corrected chi connectivity index (χ1v) is 8.53. The SMILES string of the molecule is CC1=CCC[C@@](C)(O)C=C[C@H](C(C)C)CCC(C)=CCC1. The smallest absolute Gasteiger partial charge is 0.0802 e. The van der Waals surface area contributed by atoms with Crippen molar-refractivity contribution in [1.29, 1.82) is 0 Å². The highest BCUT2D eigenvalue weighted by molar-refractivity contribution is 5.08. The third-order valence-electron chi connectivity index (χ3n) is 4.61. The van der Waals surface area contributed by atoms with Gasteiger partial charge < -0.3 is 5.11 Å². The lowest BCUT2D eigenvalue weighted by atomic mass is 9.87. The van der Waals surface area contributed by atoms with E-state index in [2.05, 4.69) is 45.9 Å². The maximum atomic E-state index is 10.5. The summed E-state index contributed by atoms with van der Waals surface area (Å²) in [5.74, 6) is 1.18. The Morgan fingerprint density at radius 3 is 2.38 bits per heavy atom. The molecule has 0 aliphatic heterocycles. The molecule has 0 saturated heterocycles. The second-order valence-electron chi connectivity index (χ2n) is 7.34. The van der Waals surface area contributed by atoms with E-state index in [-0.39, 0.29) is 0 Å². The molecule has 1 heteroatoms. The van der Waals surface area contributed by atoms with Crippen LogP contribution in [-0.2, 0) is 0 Å². The van der Waals surface area contributed by atoms with Crippen LogP contribution in [0, 0.1) is 11.8 Å². The molecule has 0 aromatic rings. The van der Waals surface area contributed by atoms with E-state index >= 15 is 0 Å². The average molecular weight is 290 g/mol. The van der Waals surface area contributed by atoms with Gasteiger partial charge in [-0.15, -0.1) is 0 Å². The van der Waals surface area contributed by atoms with Gasteiger partial charge in [-0.2, -0.15) is 0 Å². The molecule has 0 unspecified atom stereocenters. The molecule has 0 aromatic heterocycles. The fourth-order valence-electron chi connectivity index (χ4n) is 2.82. The highest BCUT2D eigenvalue weighted by atomic mass is 16.3. The van der Waals surface area contributed by atoms with Crippen LogP contribution in [0.1, 0.15) is 73.1 Å². The van der Waals surface area contributed by atoms with Crippen molar-refractivity contribution < 1.29 is 5.11 Å². The van der Waals surface area contributed by atoms with Crippen LogP contribution in [0.4, 0.5) is 0 Å². The molecule has 21 heavy (non-hydrogen) atoms. The van der Waals surface area contributed by atoms with Crippen LogP contribution in [0.2, 0.25) is 0 Å². The molecule has 1 N–H and O–H groups in total. The first kappa shape index (κ1) is 18.2. The first-order valence-electron chi connectivity index (χ1n) is 8.53. The Morgan fingerprint density at radius 2 is 1.71 bits per heavy atom. The number of rotatable bonds is 1. The maximum Gasteiger partial charge on any atom is 0.0802 e. The van der Waals surface area contributed by atoms with Gasteiger partial charge in [-0.1, -0.05) is 49.3 Å². The molecule has 1 nitrogen and oxygen atoms in total. The van der Waals surface area contributed by atoms with Crippen LogP contribution in [0.25, 0.3) is 0 Å². The third-order valence-corrected chi connectivity index (χ3v) is 4.61. The second kappa shape index (κ2) is 8.58. The highest BCUT2D eigenvalue weighted by Gasteiger charge is 2.17. The van der Waals surface area contributed by atoms with E-state index in [1.807, 2.05) is 13.0 Å². The van der Waals surface area contributed by atoms with Crippen LogP contribution < -0.4 is 0 Å². The highest BCUT2D eigenvalue weighted by Crippen LogP contribution is 2.25. The quantitative estimate of drug-likeness (QED) is 0.604. The lowest BCUT2D eigenvalue weighted by Crippen LogP contribution is -2.21. The third kappa shape index (κ3) is 7.66. The summed E-state index contributed by atoms with van der Waals surface area (Å²) < 4.78 is 0. The lowest BCUT2D eigenvalue weighted by molar-refractivity contribution is 0.102. The molecular weight excluding hydrogens is 256 g/mol.